The second-order valence-electron chi connectivity index (χ2n) is 3.51. The Kier molecular flexibility index (Phi) is 3.18. The lowest BCUT2D eigenvalue weighted by Gasteiger charge is -2.12. The Morgan fingerprint density at radius 1 is 1.11 bits per heavy atom. The quantitative estimate of drug-likeness (QED) is 0.615. The highest BCUT2D eigenvalue weighted by Gasteiger charge is 2.25. The molecule has 0 unspecified atom stereocenters. The first kappa shape index (κ1) is 12.0. The molecule has 2 rings (SSSR count). The summed E-state index contributed by atoms with van der Waals surface area (Å²) in [6.07, 6.45) is 3.43. The molecular formula is C12H12N2O4. The summed E-state index contributed by atoms with van der Waals surface area (Å²) in [5.41, 5.74) is 0.236. The molecule has 18 heavy (non-hydrogen) atoms. The van der Waals surface area contributed by atoms with Gasteiger partial charge in [-0.25, -0.2) is 0 Å². The predicted octanol–water partition coefficient (Wildman–Crippen LogP) is 2.40. The van der Waals surface area contributed by atoms with Crippen molar-refractivity contribution in [2.45, 2.75) is 0 Å². The molecule has 0 fully saturated rings. The maximum Gasteiger partial charge on any atom is 0.338 e. The van der Waals surface area contributed by atoms with Crippen molar-refractivity contribution >= 4 is 5.69 Å². The minimum atomic E-state index is -0.476. The second kappa shape index (κ2) is 4.79. The van der Waals surface area contributed by atoms with Gasteiger partial charge in [0.05, 0.1) is 19.1 Å². The van der Waals surface area contributed by atoms with Gasteiger partial charge in [-0.1, -0.05) is 0 Å². The van der Waals surface area contributed by atoms with Crippen LogP contribution in [0.25, 0.3) is 5.69 Å². The van der Waals surface area contributed by atoms with Gasteiger partial charge >= 0.3 is 5.69 Å². The lowest BCUT2D eigenvalue weighted by molar-refractivity contribution is -0.385. The van der Waals surface area contributed by atoms with E-state index >= 15 is 0 Å². The van der Waals surface area contributed by atoms with Gasteiger partial charge in [-0.3, -0.25) is 10.1 Å². The third kappa shape index (κ3) is 1.88. The van der Waals surface area contributed by atoms with Crippen molar-refractivity contribution in [1.29, 1.82) is 0 Å². The highest BCUT2D eigenvalue weighted by Crippen LogP contribution is 2.39. The number of aromatic nitrogens is 1. The third-order valence-corrected chi connectivity index (χ3v) is 2.56. The van der Waals surface area contributed by atoms with Crippen LogP contribution < -0.4 is 9.47 Å². The molecule has 0 saturated heterocycles. The lowest BCUT2D eigenvalue weighted by atomic mass is 10.2. The highest BCUT2D eigenvalue weighted by molar-refractivity contribution is 5.68. The summed E-state index contributed by atoms with van der Waals surface area (Å²) < 4.78 is 11.8. The van der Waals surface area contributed by atoms with E-state index in [4.69, 9.17) is 9.47 Å². The van der Waals surface area contributed by atoms with Crippen LogP contribution in [0.1, 0.15) is 0 Å². The second-order valence-corrected chi connectivity index (χ2v) is 3.51. The Balaban J connectivity index is 2.77. The number of hydrogen-bond donors (Lipinski definition) is 0. The molecule has 0 bridgehead atoms. The van der Waals surface area contributed by atoms with E-state index in [1.807, 2.05) is 0 Å². The molecule has 94 valence electrons. The molecule has 0 aliphatic rings. The molecule has 1 aromatic carbocycles. The number of hydrogen-bond acceptors (Lipinski definition) is 4. The summed E-state index contributed by atoms with van der Waals surface area (Å²) in [4.78, 5) is 10.7. The van der Waals surface area contributed by atoms with E-state index < -0.39 is 4.92 Å². The summed E-state index contributed by atoms with van der Waals surface area (Å²) in [6, 6.07) is 6.72. The molecule has 1 aromatic heterocycles. The molecule has 0 spiro atoms. The summed E-state index contributed by atoms with van der Waals surface area (Å²) in [6.45, 7) is 0. The Hall–Kier alpha value is -2.50. The fourth-order valence-corrected chi connectivity index (χ4v) is 1.78. The largest absolute Gasteiger partial charge is 0.494 e. The van der Waals surface area contributed by atoms with Gasteiger partial charge in [0.15, 0.2) is 11.4 Å². The number of nitrogens with zero attached hydrogens (tertiary/aromatic N) is 2. The monoisotopic (exact) mass is 248 g/mol. The lowest BCUT2D eigenvalue weighted by Crippen LogP contribution is -2.03. The van der Waals surface area contributed by atoms with Crippen LogP contribution in [0.5, 0.6) is 11.5 Å². The van der Waals surface area contributed by atoms with E-state index in [0.29, 0.717) is 11.4 Å². The van der Waals surface area contributed by atoms with Crippen molar-refractivity contribution in [3.05, 3.63) is 46.8 Å². The van der Waals surface area contributed by atoms with Crippen LogP contribution in [-0.2, 0) is 0 Å². The average Bonchev–Trinajstić information content (AvgIpc) is 2.90. The number of rotatable bonds is 4. The van der Waals surface area contributed by atoms with Crippen LogP contribution in [0, 0.1) is 10.1 Å². The van der Waals surface area contributed by atoms with E-state index in [-0.39, 0.29) is 11.4 Å². The molecule has 0 radical (unpaired) electrons. The van der Waals surface area contributed by atoms with E-state index in [0.717, 1.165) is 0 Å². The SMILES string of the molecule is COc1ccc(OC)c([N+](=O)[O-])c1-n1cccc1. The van der Waals surface area contributed by atoms with Crippen molar-refractivity contribution in [3.8, 4) is 17.2 Å². The van der Waals surface area contributed by atoms with Gasteiger partial charge in [-0.05, 0) is 24.3 Å². The molecule has 0 aliphatic heterocycles. The number of methoxy groups -OCH3 is 2. The van der Waals surface area contributed by atoms with Gasteiger partial charge in [0, 0.05) is 12.4 Å². The molecule has 0 amide bonds. The van der Waals surface area contributed by atoms with Gasteiger partial charge in [0.1, 0.15) is 5.75 Å². The van der Waals surface area contributed by atoms with E-state index in [2.05, 4.69) is 0 Å². The van der Waals surface area contributed by atoms with Crippen LogP contribution in [0.2, 0.25) is 0 Å². The van der Waals surface area contributed by atoms with Crippen LogP contribution in [0.15, 0.2) is 36.7 Å². The van der Waals surface area contributed by atoms with Crippen molar-refractivity contribution < 1.29 is 14.4 Å². The topological polar surface area (TPSA) is 66.5 Å². The van der Waals surface area contributed by atoms with Crippen molar-refractivity contribution in [1.82, 2.24) is 4.57 Å². The highest BCUT2D eigenvalue weighted by atomic mass is 16.6. The molecule has 6 heteroatoms. The average molecular weight is 248 g/mol. The normalized spacial score (nSPS) is 10.1. The molecule has 1 heterocycles. The minimum Gasteiger partial charge on any atom is -0.494 e. The Morgan fingerprint density at radius 2 is 1.67 bits per heavy atom. The standard InChI is InChI=1S/C12H12N2O4/c1-17-9-5-6-10(18-2)12(14(15)16)11(9)13-7-3-4-8-13/h3-8H,1-2H3. The predicted molar refractivity (Wildman–Crippen MR) is 65.5 cm³/mol. The maximum atomic E-state index is 11.2. The van der Waals surface area contributed by atoms with Gasteiger partial charge in [0.25, 0.3) is 0 Å². The molecule has 0 atom stereocenters. The first-order chi connectivity index (χ1) is 8.69. The molecule has 6 nitrogen and oxygen atoms in total. The van der Waals surface area contributed by atoms with Gasteiger partial charge < -0.3 is 14.0 Å². The van der Waals surface area contributed by atoms with E-state index in [9.17, 15) is 10.1 Å². The van der Waals surface area contributed by atoms with Crippen LogP contribution in [-0.4, -0.2) is 23.7 Å². The van der Waals surface area contributed by atoms with Crippen LogP contribution in [0.4, 0.5) is 5.69 Å². The Bertz CT molecular complexity index is 564. The molecule has 0 saturated carbocycles. The van der Waals surface area contributed by atoms with Crippen LogP contribution in [0.3, 0.4) is 0 Å². The number of nitro groups is 1. The zero-order chi connectivity index (χ0) is 13.1. The van der Waals surface area contributed by atoms with Crippen LogP contribution >= 0.6 is 0 Å². The number of nitro benzene ring substituents is 1. The number of benzene rings is 1. The van der Waals surface area contributed by atoms with Crippen molar-refractivity contribution in [2.75, 3.05) is 14.2 Å². The van der Waals surface area contributed by atoms with Gasteiger partial charge in [-0.2, -0.15) is 0 Å². The summed E-state index contributed by atoms with van der Waals surface area (Å²) in [7, 11) is 2.87. The zero-order valence-corrected chi connectivity index (χ0v) is 9.99. The Labute approximate surface area is 104 Å². The molecule has 0 aliphatic carbocycles. The molecular weight excluding hydrogens is 236 g/mol. The third-order valence-electron chi connectivity index (χ3n) is 2.56. The van der Waals surface area contributed by atoms with Gasteiger partial charge in [-0.15, -0.1) is 0 Å². The molecule has 0 N–H and O–H groups in total. The van der Waals surface area contributed by atoms with E-state index in [1.54, 1.807) is 35.2 Å². The first-order valence-corrected chi connectivity index (χ1v) is 5.21. The minimum absolute atomic E-state index is 0.118. The fourth-order valence-electron chi connectivity index (χ4n) is 1.78. The Morgan fingerprint density at radius 3 is 2.17 bits per heavy atom. The number of ether oxygens (including phenoxy) is 2. The summed E-state index contributed by atoms with van der Waals surface area (Å²) in [5.74, 6) is 0.614. The fraction of sp³-hybridized carbons (Fsp3) is 0.167. The first-order valence-electron chi connectivity index (χ1n) is 5.21. The summed E-state index contributed by atoms with van der Waals surface area (Å²) in [5, 5.41) is 11.2. The summed E-state index contributed by atoms with van der Waals surface area (Å²) >= 11 is 0. The zero-order valence-electron chi connectivity index (χ0n) is 9.99. The van der Waals surface area contributed by atoms with Gasteiger partial charge in [0.2, 0.25) is 0 Å². The van der Waals surface area contributed by atoms with E-state index in [1.165, 1.54) is 20.3 Å². The maximum absolute atomic E-state index is 11.2. The van der Waals surface area contributed by atoms with Crippen molar-refractivity contribution in [3.63, 3.8) is 0 Å². The van der Waals surface area contributed by atoms with Crippen molar-refractivity contribution in [2.24, 2.45) is 0 Å². The molecule has 2 aromatic rings. The smallest absolute Gasteiger partial charge is 0.338 e.